The van der Waals surface area contributed by atoms with E-state index in [0.29, 0.717) is 11.1 Å². The van der Waals surface area contributed by atoms with E-state index in [1.165, 1.54) is 6.07 Å². The van der Waals surface area contributed by atoms with E-state index in [2.05, 4.69) is 10.3 Å². The molecule has 1 atom stereocenters. The monoisotopic (exact) mass is 299 g/mol. The highest BCUT2D eigenvalue weighted by Gasteiger charge is 2.23. The lowest BCUT2D eigenvalue weighted by molar-refractivity contribution is 0.0722. The third kappa shape index (κ3) is 2.90. The van der Waals surface area contributed by atoms with Crippen molar-refractivity contribution < 1.29 is 4.79 Å². The minimum atomic E-state index is -0.238. The molecular formula is C17H21N3O2. The molecule has 2 aromatic rings. The molecule has 1 unspecified atom stereocenters. The van der Waals surface area contributed by atoms with Crippen molar-refractivity contribution >= 4 is 16.8 Å². The van der Waals surface area contributed by atoms with Gasteiger partial charge < -0.3 is 15.2 Å². The second-order valence-corrected chi connectivity index (χ2v) is 5.84. The van der Waals surface area contributed by atoms with Gasteiger partial charge in [0.05, 0.1) is 5.56 Å². The molecule has 3 rings (SSSR count). The van der Waals surface area contributed by atoms with E-state index in [9.17, 15) is 9.59 Å². The molecule has 5 nitrogen and oxygen atoms in total. The molecule has 1 aliphatic rings. The molecule has 0 radical (unpaired) electrons. The Bertz CT molecular complexity index is 730. The summed E-state index contributed by atoms with van der Waals surface area (Å²) in [6.45, 7) is 1.94. The molecule has 0 aliphatic carbocycles. The summed E-state index contributed by atoms with van der Waals surface area (Å²) in [4.78, 5) is 29.3. The summed E-state index contributed by atoms with van der Waals surface area (Å²) in [6, 6.07) is 9.07. The number of para-hydroxylation sites is 1. The second kappa shape index (κ2) is 6.32. The van der Waals surface area contributed by atoms with E-state index in [1.807, 2.05) is 31.3 Å². The molecule has 1 aromatic heterocycles. The molecule has 5 heteroatoms. The van der Waals surface area contributed by atoms with Crippen molar-refractivity contribution in [3.63, 3.8) is 0 Å². The average Bonchev–Trinajstić information content (AvgIpc) is 2.82. The maximum Gasteiger partial charge on any atom is 0.254 e. The Labute approximate surface area is 129 Å². The number of aromatic amines is 1. The van der Waals surface area contributed by atoms with E-state index in [0.717, 1.165) is 37.7 Å². The van der Waals surface area contributed by atoms with Crippen LogP contribution in [0.2, 0.25) is 0 Å². The van der Waals surface area contributed by atoms with Gasteiger partial charge >= 0.3 is 0 Å². The van der Waals surface area contributed by atoms with Crippen molar-refractivity contribution in [2.24, 2.45) is 0 Å². The minimum absolute atomic E-state index is 0.0748. The van der Waals surface area contributed by atoms with Crippen LogP contribution in [0.25, 0.3) is 10.9 Å². The predicted molar refractivity (Wildman–Crippen MR) is 87.2 cm³/mol. The number of H-pyrrole nitrogens is 1. The molecule has 0 saturated carbocycles. The predicted octanol–water partition coefficient (Wildman–Crippen LogP) is 1.74. The Kier molecular flexibility index (Phi) is 4.24. The lowest BCUT2D eigenvalue weighted by Gasteiger charge is -2.27. The first-order chi connectivity index (χ1) is 10.7. The maximum atomic E-state index is 12.9. The summed E-state index contributed by atoms with van der Waals surface area (Å²) in [5.74, 6) is -0.0748. The lowest BCUT2D eigenvalue weighted by Crippen LogP contribution is -2.38. The number of amides is 1. The van der Waals surface area contributed by atoms with Crippen molar-refractivity contribution in [3.05, 3.63) is 46.2 Å². The fourth-order valence-corrected chi connectivity index (χ4v) is 3.13. The summed E-state index contributed by atoms with van der Waals surface area (Å²) in [5.41, 5.74) is 0.950. The lowest BCUT2D eigenvalue weighted by atomic mass is 10.0. The molecule has 1 saturated heterocycles. The summed E-state index contributed by atoms with van der Waals surface area (Å²) >= 11 is 0. The van der Waals surface area contributed by atoms with Crippen molar-refractivity contribution in [2.45, 2.75) is 25.3 Å². The summed E-state index contributed by atoms with van der Waals surface area (Å²) in [5, 5.41) is 4.15. The largest absolute Gasteiger partial charge is 0.339 e. The number of carbonyl (C=O) groups is 1. The topological polar surface area (TPSA) is 65.2 Å². The maximum absolute atomic E-state index is 12.9. The Hall–Kier alpha value is -2.14. The van der Waals surface area contributed by atoms with Crippen LogP contribution in [0.5, 0.6) is 0 Å². The van der Waals surface area contributed by atoms with Gasteiger partial charge in [-0.05, 0) is 38.4 Å². The third-order valence-corrected chi connectivity index (χ3v) is 4.39. The zero-order valence-electron chi connectivity index (χ0n) is 12.8. The highest BCUT2D eigenvalue weighted by atomic mass is 16.2. The van der Waals surface area contributed by atoms with Gasteiger partial charge in [-0.25, -0.2) is 0 Å². The van der Waals surface area contributed by atoms with Crippen LogP contribution in [0.1, 0.15) is 29.6 Å². The van der Waals surface area contributed by atoms with E-state index >= 15 is 0 Å². The van der Waals surface area contributed by atoms with E-state index in [-0.39, 0.29) is 17.5 Å². The SMILES string of the molecule is CN(C(=O)c1cc(=O)[nH]c2ccccc12)C1CCCNCC1. The van der Waals surface area contributed by atoms with Gasteiger partial charge in [-0.3, -0.25) is 9.59 Å². The molecule has 1 aromatic carbocycles. The molecule has 1 fully saturated rings. The van der Waals surface area contributed by atoms with Crippen LogP contribution < -0.4 is 10.9 Å². The molecule has 0 bridgehead atoms. The Morgan fingerprint density at radius 3 is 2.91 bits per heavy atom. The van der Waals surface area contributed by atoms with Crippen LogP contribution in [0.4, 0.5) is 0 Å². The number of hydrogen-bond acceptors (Lipinski definition) is 3. The number of pyridine rings is 1. The highest BCUT2D eigenvalue weighted by molar-refractivity contribution is 6.05. The first-order valence-electron chi connectivity index (χ1n) is 7.77. The molecule has 0 spiro atoms. The van der Waals surface area contributed by atoms with Gasteiger partial charge in [0, 0.05) is 30.1 Å². The van der Waals surface area contributed by atoms with E-state index < -0.39 is 0 Å². The first kappa shape index (κ1) is 14.8. The van der Waals surface area contributed by atoms with Crippen molar-refractivity contribution in [1.29, 1.82) is 0 Å². The summed E-state index contributed by atoms with van der Waals surface area (Å²) in [6.07, 6.45) is 3.01. The Morgan fingerprint density at radius 1 is 1.23 bits per heavy atom. The molecule has 1 amide bonds. The van der Waals surface area contributed by atoms with Gasteiger partial charge in [-0.15, -0.1) is 0 Å². The zero-order valence-corrected chi connectivity index (χ0v) is 12.8. The number of nitrogens with one attached hydrogen (secondary N) is 2. The Morgan fingerprint density at radius 2 is 2.05 bits per heavy atom. The second-order valence-electron chi connectivity index (χ2n) is 5.84. The van der Waals surface area contributed by atoms with Crippen LogP contribution >= 0.6 is 0 Å². The Balaban J connectivity index is 1.96. The normalized spacial score (nSPS) is 18.9. The third-order valence-electron chi connectivity index (χ3n) is 4.39. The molecule has 2 heterocycles. The van der Waals surface area contributed by atoms with Gasteiger partial charge in [0.2, 0.25) is 5.56 Å². The van der Waals surface area contributed by atoms with Crippen LogP contribution in [-0.2, 0) is 0 Å². The average molecular weight is 299 g/mol. The van der Waals surface area contributed by atoms with Gasteiger partial charge in [0.25, 0.3) is 5.91 Å². The molecule has 2 N–H and O–H groups in total. The number of benzene rings is 1. The van der Waals surface area contributed by atoms with Crippen molar-refractivity contribution in [2.75, 3.05) is 20.1 Å². The number of hydrogen-bond donors (Lipinski definition) is 2. The standard InChI is InChI=1S/C17H21N3O2/c1-20(12-5-4-9-18-10-8-12)17(22)14-11-16(21)19-15-7-3-2-6-13(14)15/h2-3,6-7,11-12,18H,4-5,8-10H2,1H3,(H,19,21). The quantitative estimate of drug-likeness (QED) is 0.888. The number of carbonyl (C=O) groups excluding carboxylic acids is 1. The highest BCUT2D eigenvalue weighted by Crippen LogP contribution is 2.19. The van der Waals surface area contributed by atoms with E-state index in [1.54, 1.807) is 4.90 Å². The number of fused-ring (bicyclic) bond motifs is 1. The van der Waals surface area contributed by atoms with Crippen LogP contribution in [0.15, 0.2) is 35.1 Å². The van der Waals surface area contributed by atoms with Gasteiger partial charge in [-0.2, -0.15) is 0 Å². The molecule has 116 valence electrons. The van der Waals surface area contributed by atoms with Gasteiger partial charge in [0.15, 0.2) is 0 Å². The minimum Gasteiger partial charge on any atom is -0.339 e. The van der Waals surface area contributed by atoms with Gasteiger partial charge in [0.1, 0.15) is 0 Å². The fraction of sp³-hybridized carbons (Fsp3) is 0.412. The number of nitrogens with zero attached hydrogens (tertiary/aromatic N) is 1. The fourth-order valence-electron chi connectivity index (χ4n) is 3.13. The van der Waals surface area contributed by atoms with E-state index in [4.69, 9.17) is 0 Å². The zero-order chi connectivity index (χ0) is 15.5. The van der Waals surface area contributed by atoms with Crippen LogP contribution in [0, 0.1) is 0 Å². The summed E-state index contributed by atoms with van der Waals surface area (Å²) in [7, 11) is 1.84. The van der Waals surface area contributed by atoms with Crippen LogP contribution in [0.3, 0.4) is 0 Å². The van der Waals surface area contributed by atoms with Crippen LogP contribution in [-0.4, -0.2) is 42.0 Å². The molecule has 22 heavy (non-hydrogen) atoms. The summed E-state index contributed by atoms with van der Waals surface area (Å²) < 4.78 is 0. The first-order valence-corrected chi connectivity index (χ1v) is 7.77. The number of rotatable bonds is 2. The molecular weight excluding hydrogens is 278 g/mol. The van der Waals surface area contributed by atoms with Crippen molar-refractivity contribution in [1.82, 2.24) is 15.2 Å². The van der Waals surface area contributed by atoms with Crippen molar-refractivity contribution in [3.8, 4) is 0 Å². The van der Waals surface area contributed by atoms with Gasteiger partial charge in [-0.1, -0.05) is 18.2 Å². The number of aromatic nitrogens is 1. The molecule has 1 aliphatic heterocycles. The smallest absolute Gasteiger partial charge is 0.254 e.